The smallest absolute Gasteiger partial charge is 0.161 e. The van der Waals surface area contributed by atoms with E-state index >= 15 is 0 Å². The van der Waals surface area contributed by atoms with Crippen LogP contribution in [0.15, 0.2) is 48.5 Å². The van der Waals surface area contributed by atoms with Crippen LogP contribution in [-0.2, 0) is 6.42 Å². The van der Waals surface area contributed by atoms with Gasteiger partial charge in [-0.25, -0.2) is 0 Å². The number of nitrogens with two attached hydrogens (primary N) is 1. The molecule has 3 heteroatoms. The van der Waals surface area contributed by atoms with Gasteiger partial charge in [-0.1, -0.05) is 36.4 Å². The van der Waals surface area contributed by atoms with Gasteiger partial charge in [0, 0.05) is 6.04 Å². The van der Waals surface area contributed by atoms with Crippen LogP contribution in [0.2, 0.25) is 0 Å². The van der Waals surface area contributed by atoms with Gasteiger partial charge in [0.2, 0.25) is 0 Å². The van der Waals surface area contributed by atoms with Crippen molar-refractivity contribution in [2.45, 2.75) is 18.9 Å². The zero-order valence-electron chi connectivity index (χ0n) is 12.0. The number of aryl methyl sites for hydroxylation is 1. The lowest BCUT2D eigenvalue weighted by Gasteiger charge is -2.15. The molecule has 2 N–H and O–H groups in total. The third-order valence-electron chi connectivity index (χ3n) is 3.42. The van der Waals surface area contributed by atoms with Crippen LogP contribution in [0.4, 0.5) is 0 Å². The van der Waals surface area contributed by atoms with Crippen LogP contribution in [0.25, 0.3) is 0 Å². The van der Waals surface area contributed by atoms with E-state index in [-0.39, 0.29) is 6.04 Å². The summed E-state index contributed by atoms with van der Waals surface area (Å²) in [5.74, 6) is 1.45. The number of hydrogen-bond donors (Lipinski definition) is 1. The van der Waals surface area contributed by atoms with Crippen molar-refractivity contribution in [3.8, 4) is 11.5 Å². The Morgan fingerprint density at radius 3 is 2.30 bits per heavy atom. The van der Waals surface area contributed by atoms with Crippen molar-refractivity contribution in [2.75, 3.05) is 14.2 Å². The molecule has 0 aliphatic rings. The summed E-state index contributed by atoms with van der Waals surface area (Å²) in [6.07, 6.45) is 1.87. The molecular formula is C17H21NO2. The van der Waals surface area contributed by atoms with Crippen LogP contribution in [-0.4, -0.2) is 14.2 Å². The average molecular weight is 271 g/mol. The zero-order valence-corrected chi connectivity index (χ0v) is 12.0. The molecule has 0 fully saturated rings. The van der Waals surface area contributed by atoms with Crippen LogP contribution < -0.4 is 15.2 Å². The van der Waals surface area contributed by atoms with Gasteiger partial charge in [0.1, 0.15) is 0 Å². The number of hydrogen-bond acceptors (Lipinski definition) is 3. The molecule has 0 aliphatic carbocycles. The fraction of sp³-hybridized carbons (Fsp3) is 0.294. The average Bonchev–Trinajstić information content (AvgIpc) is 2.52. The van der Waals surface area contributed by atoms with Crippen LogP contribution in [0.5, 0.6) is 11.5 Å². The molecule has 0 heterocycles. The third kappa shape index (κ3) is 3.52. The molecule has 0 bridgehead atoms. The molecule has 0 saturated carbocycles. The van der Waals surface area contributed by atoms with Crippen molar-refractivity contribution < 1.29 is 9.47 Å². The Hall–Kier alpha value is -2.00. The minimum absolute atomic E-state index is 0.00462. The second-order valence-electron chi connectivity index (χ2n) is 4.75. The Labute approximate surface area is 120 Å². The van der Waals surface area contributed by atoms with Crippen molar-refractivity contribution >= 4 is 0 Å². The van der Waals surface area contributed by atoms with Crippen LogP contribution in [0, 0.1) is 0 Å². The predicted molar refractivity (Wildman–Crippen MR) is 81.2 cm³/mol. The molecule has 20 heavy (non-hydrogen) atoms. The lowest BCUT2D eigenvalue weighted by Crippen LogP contribution is -2.11. The Bertz CT molecular complexity index is 540. The van der Waals surface area contributed by atoms with E-state index in [0.29, 0.717) is 0 Å². The van der Waals surface area contributed by atoms with E-state index in [1.165, 1.54) is 5.56 Å². The summed E-state index contributed by atoms with van der Waals surface area (Å²) in [5.41, 5.74) is 8.64. The van der Waals surface area contributed by atoms with Crippen LogP contribution in [0.3, 0.4) is 0 Å². The first-order chi connectivity index (χ1) is 9.74. The van der Waals surface area contributed by atoms with Crippen LogP contribution in [0.1, 0.15) is 23.6 Å². The largest absolute Gasteiger partial charge is 0.493 e. The predicted octanol–water partition coefficient (Wildman–Crippen LogP) is 3.34. The van der Waals surface area contributed by atoms with Gasteiger partial charge < -0.3 is 15.2 Å². The first kappa shape index (κ1) is 14.4. The molecule has 0 spiro atoms. The maximum Gasteiger partial charge on any atom is 0.161 e. The van der Waals surface area contributed by atoms with E-state index in [1.54, 1.807) is 14.2 Å². The first-order valence-corrected chi connectivity index (χ1v) is 6.76. The second kappa shape index (κ2) is 6.96. The van der Waals surface area contributed by atoms with Gasteiger partial charge in [-0.2, -0.15) is 0 Å². The second-order valence-corrected chi connectivity index (χ2v) is 4.75. The molecule has 0 aromatic heterocycles. The Balaban J connectivity index is 2.03. The minimum atomic E-state index is -0.00462. The molecular weight excluding hydrogens is 250 g/mol. The highest BCUT2D eigenvalue weighted by Crippen LogP contribution is 2.30. The summed E-state index contributed by atoms with van der Waals surface area (Å²) in [6, 6.07) is 16.2. The highest BCUT2D eigenvalue weighted by molar-refractivity contribution is 5.43. The summed E-state index contributed by atoms with van der Waals surface area (Å²) >= 11 is 0. The van der Waals surface area contributed by atoms with Crippen molar-refractivity contribution in [1.82, 2.24) is 0 Å². The fourth-order valence-corrected chi connectivity index (χ4v) is 2.22. The van der Waals surface area contributed by atoms with E-state index in [2.05, 4.69) is 24.3 Å². The molecule has 0 saturated heterocycles. The standard InChI is InChI=1S/C17H21NO2/c1-19-16-11-9-14(12-17(16)20-2)15(18)10-8-13-6-4-3-5-7-13/h3-7,9,11-12,15H,8,10,18H2,1-2H3. The number of rotatable bonds is 6. The highest BCUT2D eigenvalue weighted by Gasteiger charge is 2.10. The Kier molecular flexibility index (Phi) is 5.02. The van der Waals surface area contributed by atoms with E-state index in [9.17, 15) is 0 Å². The molecule has 106 valence electrons. The summed E-state index contributed by atoms with van der Waals surface area (Å²) in [4.78, 5) is 0. The molecule has 2 rings (SSSR count). The molecule has 1 atom stereocenters. The Morgan fingerprint density at radius 2 is 1.65 bits per heavy atom. The number of benzene rings is 2. The fourth-order valence-electron chi connectivity index (χ4n) is 2.22. The first-order valence-electron chi connectivity index (χ1n) is 6.76. The highest BCUT2D eigenvalue weighted by atomic mass is 16.5. The van der Waals surface area contributed by atoms with Crippen molar-refractivity contribution in [2.24, 2.45) is 5.73 Å². The maximum atomic E-state index is 6.26. The van der Waals surface area contributed by atoms with Gasteiger partial charge in [0.05, 0.1) is 14.2 Å². The van der Waals surface area contributed by atoms with Crippen molar-refractivity contribution in [3.05, 3.63) is 59.7 Å². The molecule has 1 unspecified atom stereocenters. The molecule has 0 aliphatic heterocycles. The molecule has 2 aromatic rings. The van der Waals surface area contributed by atoms with Gasteiger partial charge >= 0.3 is 0 Å². The van der Waals surface area contributed by atoms with E-state index < -0.39 is 0 Å². The SMILES string of the molecule is COc1ccc(C(N)CCc2ccccc2)cc1OC. The Morgan fingerprint density at radius 1 is 0.950 bits per heavy atom. The summed E-state index contributed by atoms with van der Waals surface area (Å²) in [7, 11) is 3.27. The zero-order chi connectivity index (χ0) is 14.4. The van der Waals surface area contributed by atoms with Gasteiger partial charge in [0.15, 0.2) is 11.5 Å². The quantitative estimate of drug-likeness (QED) is 0.876. The normalized spacial score (nSPS) is 11.9. The number of methoxy groups -OCH3 is 2. The van der Waals surface area contributed by atoms with Crippen molar-refractivity contribution in [3.63, 3.8) is 0 Å². The number of ether oxygens (including phenoxy) is 2. The molecule has 0 radical (unpaired) electrons. The van der Waals surface area contributed by atoms with E-state index in [1.807, 2.05) is 24.3 Å². The molecule has 0 amide bonds. The molecule has 3 nitrogen and oxygen atoms in total. The van der Waals surface area contributed by atoms with Crippen molar-refractivity contribution in [1.29, 1.82) is 0 Å². The van der Waals surface area contributed by atoms with E-state index in [0.717, 1.165) is 29.9 Å². The van der Waals surface area contributed by atoms with E-state index in [4.69, 9.17) is 15.2 Å². The van der Waals surface area contributed by atoms with Gasteiger partial charge in [-0.15, -0.1) is 0 Å². The monoisotopic (exact) mass is 271 g/mol. The summed E-state index contributed by atoms with van der Waals surface area (Å²) < 4.78 is 10.5. The van der Waals surface area contributed by atoms with Gasteiger partial charge in [-0.05, 0) is 36.1 Å². The topological polar surface area (TPSA) is 44.5 Å². The summed E-state index contributed by atoms with van der Waals surface area (Å²) in [5, 5.41) is 0. The molecule has 2 aromatic carbocycles. The lowest BCUT2D eigenvalue weighted by molar-refractivity contribution is 0.354. The van der Waals surface area contributed by atoms with Gasteiger partial charge in [0.25, 0.3) is 0 Å². The van der Waals surface area contributed by atoms with Gasteiger partial charge in [-0.3, -0.25) is 0 Å². The maximum absolute atomic E-state index is 6.26. The third-order valence-corrected chi connectivity index (χ3v) is 3.42. The summed E-state index contributed by atoms with van der Waals surface area (Å²) in [6.45, 7) is 0. The lowest BCUT2D eigenvalue weighted by atomic mass is 9.99. The van der Waals surface area contributed by atoms with Crippen LogP contribution >= 0.6 is 0 Å². The minimum Gasteiger partial charge on any atom is -0.493 e.